The van der Waals surface area contributed by atoms with E-state index in [1.54, 1.807) is 11.1 Å². The molecule has 0 heterocycles. The highest BCUT2D eigenvalue weighted by atomic mass is 15.1. The fourth-order valence-corrected chi connectivity index (χ4v) is 14.5. The summed E-state index contributed by atoms with van der Waals surface area (Å²) in [6.45, 7) is 7.35. The molecular weight excluding hydrogens is 759 g/mol. The van der Waals surface area contributed by atoms with Gasteiger partial charge < -0.3 is 4.90 Å². The van der Waals surface area contributed by atoms with Gasteiger partial charge in [-0.25, -0.2) is 0 Å². The summed E-state index contributed by atoms with van der Waals surface area (Å²) in [6, 6.07) is 71.5. The topological polar surface area (TPSA) is 3.24 Å². The van der Waals surface area contributed by atoms with Crippen LogP contribution in [0, 0.1) is 23.2 Å². The van der Waals surface area contributed by atoms with Crippen LogP contribution >= 0.6 is 0 Å². The van der Waals surface area contributed by atoms with E-state index in [1.807, 2.05) is 0 Å². The predicted molar refractivity (Wildman–Crippen MR) is 263 cm³/mol. The molecule has 4 fully saturated rings. The summed E-state index contributed by atoms with van der Waals surface area (Å²) in [5, 5.41) is 0. The van der Waals surface area contributed by atoms with Crippen LogP contribution in [0.1, 0.15) is 75.1 Å². The van der Waals surface area contributed by atoms with Gasteiger partial charge in [0.2, 0.25) is 0 Å². The minimum atomic E-state index is -0.0503. The Labute approximate surface area is 373 Å². The molecule has 0 N–H and O–H groups in total. The summed E-state index contributed by atoms with van der Waals surface area (Å²) < 4.78 is 0. The molecule has 306 valence electrons. The van der Waals surface area contributed by atoms with E-state index < -0.39 is 0 Å². The SMILES string of the molecule is CC12CC3CC(C1)C1(c4ccccc4-c4c(-c5ccccc5N(c5ccccc5-c5ccccc5)c5ccccc5-c5ccc6c(c5)-c5ccccc5C6(C)C)cccc41)C(C3)C2. The molecule has 4 saturated carbocycles. The van der Waals surface area contributed by atoms with Crippen LogP contribution < -0.4 is 4.90 Å². The van der Waals surface area contributed by atoms with E-state index in [-0.39, 0.29) is 10.8 Å². The Morgan fingerprint density at radius 2 is 0.889 bits per heavy atom. The molecule has 2 atom stereocenters. The first kappa shape index (κ1) is 37.1. The van der Waals surface area contributed by atoms with Crippen molar-refractivity contribution in [3.63, 3.8) is 0 Å². The quantitative estimate of drug-likeness (QED) is 0.162. The summed E-state index contributed by atoms with van der Waals surface area (Å²) in [5.74, 6) is 2.25. The monoisotopic (exact) mass is 811 g/mol. The van der Waals surface area contributed by atoms with Gasteiger partial charge in [0, 0.05) is 27.5 Å². The maximum Gasteiger partial charge on any atom is 0.0540 e. The Morgan fingerprint density at radius 3 is 1.57 bits per heavy atom. The minimum absolute atomic E-state index is 0.0503. The Balaban J connectivity index is 1.05. The van der Waals surface area contributed by atoms with E-state index >= 15 is 0 Å². The molecule has 1 spiro atoms. The summed E-state index contributed by atoms with van der Waals surface area (Å²) in [5.41, 5.74) is 23.1. The second-order valence-corrected chi connectivity index (χ2v) is 20.5. The van der Waals surface area contributed by atoms with Gasteiger partial charge in [0.25, 0.3) is 0 Å². The minimum Gasteiger partial charge on any atom is -0.309 e. The first-order valence-electron chi connectivity index (χ1n) is 23.4. The number of hydrogen-bond acceptors (Lipinski definition) is 1. The molecule has 6 aliphatic carbocycles. The number of anilines is 3. The standard InChI is InChI=1S/C62H53N/c1-60(2)52-26-12-7-22-47(52)51-36-42(32-33-53(51)60)46-21-10-15-30-57(46)63(56-29-14-9-20-45(56)41-18-5-4-6-19-41)58-31-16-11-23-48(58)49-25-17-28-55-59(49)50-24-8-13-27-54(50)62(55)43-34-40-35-44(62)39-61(3,37-40)38-43/h4-33,36,40,43-44H,34-35,37-39H2,1-3H3. The summed E-state index contributed by atoms with van der Waals surface area (Å²) in [6.07, 6.45) is 6.86. The Kier molecular flexibility index (Phi) is 7.98. The molecule has 1 nitrogen and oxygen atoms in total. The molecule has 0 amide bonds. The first-order valence-corrected chi connectivity index (χ1v) is 23.4. The van der Waals surface area contributed by atoms with Crippen LogP contribution in [-0.4, -0.2) is 0 Å². The van der Waals surface area contributed by atoms with E-state index in [2.05, 4.69) is 214 Å². The van der Waals surface area contributed by atoms with Crippen LogP contribution in [-0.2, 0) is 10.8 Å². The lowest BCUT2D eigenvalue weighted by Gasteiger charge is -2.64. The zero-order valence-electron chi connectivity index (χ0n) is 36.6. The Bertz CT molecular complexity index is 3120. The highest BCUT2D eigenvalue weighted by Crippen LogP contribution is 2.73. The number of nitrogens with zero attached hydrogens (tertiary/aromatic N) is 1. The van der Waals surface area contributed by atoms with Crippen LogP contribution in [0.4, 0.5) is 17.1 Å². The third kappa shape index (κ3) is 5.23. The van der Waals surface area contributed by atoms with Crippen molar-refractivity contribution in [2.75, 3.05) is 4.90 Å². The highest BCUT2D eigenvalue weighted by molar-refractivity contribution is 6.02. The van der Waals surface area contributed by atoms with Gasteiger partial charge in [-0.15, -0.1) is 0 Å². The van der Waals surface area contributed by atoms with Gasteiger partial charge in [-0.3, -0.25) is 0 Å². The van der Waals surface area contributed by atoms with Crippen molar-refractivity contribution in [2.24, 2.45) is 23.2 Å². The Morgan fingerprint density at radius 1 is 0.381 bits per heavy atom. The number of benzene rings is 8. The molecule has 2 unspecified atom stereocenters. The lowest BCUT2D eigenvalue weighted by atomic mass is 9.39. The van der Waals surface area contributed by atoms with Crippen molar-refractivity contribution < 1.29 is 0 Å². The second kappa shape index (κ2) is 13.5. The van der Waals surface area contributed by atoms with E-state index in [4.69, 9.17) is 0 Å². The van der Waals surface area contributed by atoms with Gasteiger partial charge in [0.05, 0.1) is 17.1 Å². The van der Waals surface area contributed by atoms with E-state index in [9.17, 15) is 0 Å². The highest BCUT2D eigenvalue weighted by Gasteiger charge is 2.64. The molecule has 1 heteroatoms. The van der Waals surface area contributed by atoms with Crippen LogP contribution in [0.25, 0.3) is 55.6 Å². The molecule has 14 rings (SSSR count). The number of hydrogen-bond donors (Lipinski definition) is 0. The molecule has 4 bridgehead atoms. The van der Waals surface area contributed by atoms with E-state index in [1.165, 1.54) is 105 Å². The van der Waals surface area contributed by atoms with Crippen molar-refractivity contribution in [1.82, 2.24) is 0 Å². The van der Waals surface area contributed by atoms with Crippen LogP contribution in [0.15, 0.2) is 188 Å². The summed E-state index contributed by atoms with van der Waals surface area (Å²) in [7, 11) is 0. The van der Waals surface area contributed by atoms with Crippen molar-refractivity contribution in [2.45, 2.75) is 63.7 Å². The van der Waals surface area contributed by atoms with E-state index in [0.29, 0.717) is 17.3 Å². The van der Waals surface area contributed by atoms with Gasteiger partial charge >= 0.3 is 0 Å². The van der Waals surface area contributed by atoms with Crippen LogP contribution in [0.3, 0.4) is 0 Å². The molecule has 0 aliphatic heterocycles. The summed E-state index contributed by atoms with van der Waals surface area (Å²) in [4.78, 5) is 2.58. The number of para-hydroxylation sites is 3. The maximum atomic E-state index is 2.61. The maximum absolute atomic E-state index is 2.61. The molecule has 8 aromatic rings. The van der Waals surface area contributed by atoms with Gasteiger partial charge in [-0.2, -0.15) is 0 Å². The average Bonchev–Trinajstić information content (AvgIpc) is 3.74. The Hall–Kier alpha value is -6.44. The van der Waals surface area contributed by atoms with Crippen molar-refractivity contribution >= 4 is 17.1 Å². The van der Waals surface area contributed by atoms with Crippen molar-refractivity contribution in [1.29, 1.82) is 0 Å². The molecular formula is C62H53N. The van der Waals surface area contributed by atoms with Crippen molar-refractivity contribution in [3.05, 3.63) is 210 Å². The molecule has 0 aromatic heterocycles. The largest absolute Gasteiger partial charge is 0.309 e. The normalized spacial score (nSPS) is 23.9. The fraction of sp³-hybridized carbons (Fsp3) is 0.226. The molecule has 6 aliphatic rings. The fourth-order valence-electron chi connectivity index (χ4n) is 14.5. The zero-order valence-corrected chi connectivity index (χ0v) is 36.6. The van der Waals surface area contributed by atoms with Crippen molar-refractivity contribution in [3.8, 4) is 55.6 Å². The smallest absolute Gasteiger partial charge is 0.0540 e. The molecule has 63 heavy (non-hydrogen) atoms. The molecule has 8 aromatic carbocycles. The van der Waals surface area contributed by atoms with Crippen LogP contribution in [0.5, 0.6) is 0 Å². The predicted octanol–water partition coefficient (Wildman–Crippen LogP) is 16.6. The molecule has 0 saturated heterocycles. The second-order valence-electron chi connectivity index (χ2n) is 20.5. The van der Waals surface area contributed by atoms with Gasteiger partial charge in [-0.1, -0.05) is 185 Å². The van der Waals surface area contributed by atoms with Gasteiger partial charge in [0.1, 0.15) is 0 Å². The third-order valence-corrected chi connectivity index (χ3v) is 16.6. The lowest BCUT2D eigenvalue weighted by Crippen LogP contribution is -2.58. The average molecular weight is 812 g/mol. The lowest BCUT2D eigenvalue weighted by molar-refractivity contribution is -0.0889. The third-order valence-electron chi connectivity index (χ3n) is 16.6. The molecule has 0 radical (unpaired) electrons. The number of rotatable bonds is 6. The first-order chi connectivity index (χ1) is 30.8. The van der Waals surface area contributed by atoms with E-state index in [0.717, 1.165) is 17.3 Å². The summed E-state index contributed by atoms with van der Waals surface area (Å²) >= 11 is 0. The van der Waals surface area contributed by atoms with Crippen LogP contribution in [0.2, 0.25) is 0 Å². The number of fused-ring (bicyclic) bond motifs is 6. The zero-order chi connectivity index (χ0) is 42.1. The van der Waals surface area contributed by atoms with Gasteiger partial charge in [0.15, 0.2) is 0 Å². The van der Waals surface area contributed by atoms with Gasteiger partial charge in [-0.05, 0) is 141 Å².